The lowest BCUT2D eigenvalue weighted by molar-refractivity contribution is -0.120. The van der Waals surface area contributed by atoms with E-state index in [-0.39, 0.29) is 10.8 Å². The SMILES string of the molecule is Cn1cc(-n2ccc(=O)c(Cc3ccc4ncc(OCC5(C)COC5)cc4c3)n2)cn1. The van der Waals surface area contributed by atoms with Crippen molar-refractivity contribution in [1.29, 1.82) is 0 Å². The van der Waals surface area contributed by atoms with Crippen molar-refractivity contribution in [2.75, 3.05) is 19.8 Å². The quantitative estimate of drug-likeness (QED) is 0.479. The third kappa shape index (κ3) is 4.06. The number of hydrogen-bond acceptors (Lipinski definition) is 6. The normalized spacial score (nSPS) is 15.0. The topological polar surface area (TPSA) is 84.1 Å². The second-order valence-electron chi connectivity index (χ2n) is 8.41. The second kappa shape index (κ2) is 7.63. The van der Waals surface area contributed by atoms with Crippen molar-refractivity contribution in [2.24, 2.45) is 12.5 Å². The van der Waals surface area contributed by atoms with E-state index < -0.39 is 0 Å². The van der Waals surface area contributed by atoms with Crippen molar-refractivity contribution < 1.29 is 9.47 Å². The zero-order valence-corrected chi connectivity index (χ0v) is 17.5. The highest BCUT2D eigenvalue weighted by molar-refractivity contribution is 5.80. The summed E-state index contributed by atoms with van der Waals surface area (Å²) in [5.74, 6) is 0.731. The zero-order chi connectivity index (χ0) is 21.4. The number of aromatic nitrogens is 5. The predicted molar refractivity (Wildman–Crippen MR) is 116 cm³/mol. The van der Waals surface area contributed by atoms with Crippen LogP contribution >= 0.6 is 0 Å². The molecule has 0 spiro atoms. The summed E-state index contributed by atoms with van der Waals surface area (Å²) < 4.78 is 14.6. The smallest absolute Gasteiger partial charge is 0.203 e. The minimum Gasteiger partial charge on any atom is -0.491 e. The van der Waals surface area contributed by atoms with Gasteiger partial charge in [0, 0.05) is 36.5 Å². The molecule has 31 heavy (non-hydrogen) atoms. The van der Waals surface area contributed by atoms with Gasteiger partial charge in [-0.1, -0.05) is 13.0 Å². The van der Waals surface area contributed by atoms with Crippen LogP contribution in [-0.4, -0.2) is 44.4 Å². The fourth-order valence-corrected chi connectivity index (χ4v) is 3.57. The van der Waals surface area contributed by atoms with Crippen molar-refractivity contribution in [3.05, 3.63) is 76.6 Å². The molecule has 0 bridgehead atoms. The molecule has 0 amide bonds. The number of pyridine rings is 1. The molecule has 8 heteroatoms. The molecule has 8 nitrogen and oxygen atoms in total. The number of aryl methyl sites for hydroxylation is 1. The van der Waals surface area contributed by atoms with Crippen LogP contribution in [0.3, 0.4) is 0 Å². The van der Waals surface area contributed by atoms with Crippen LogP contribution < -0.4 is 10.2 Å². The maximum Gasteiger partial charge on any atom is 0.203 e. The molecule has 1 aliphatic rings. The summed E-state index contributed by atoms with van der Waals surface area (Å²) >= 11 is 0. The van der Waals surface area contributed by atoms with Crippen molar-refractivity contribution >= 4 is 10.9 Å². The third-order valence-corrected chi connectivity index (χ3v) is 5.42. The van der Waals surface area contributed by atoms with Crippen molar-refractivity contribution in [3.63, 3.8) is 0 Å². The Bertz CT molecular complexity index is 1310. The summed E-state index contributed by atoms with van der Waals surface area (Å²) in [6.45, 7) is 4.19. The Morgan fingerprint density at radius 2 is 2.06 bits per heavy atom. The Kier molecular flexibility index (Phi) is 4.78. The zero-order valence-electron chi connectivity index (χ0n) is 17.5. The summed E-state index contributed by atoms with van der Waals surface area (Å²) in [5.41, 5.74) is 3.13. The standard InChI is InChI=1S/C23H23N5O3/c1-23(13-30-14-23)15-31-19-9-17-7-16(3-4-20(17)24-11-19)8-21-22(29)5-6-28(26-21)18-10-25-27(2)12-18/h3-7,9-12H,8,13-15H2,1-2H3. The van der Waals surface area contributed by atoms with E-state index in [4.69, 9.17) is 9.47 Å². The molecule has 1 fully saturated rings. The highest BCUT2D eigenvalue weighted by Gasteiger charge is 2.34. The van der Waals surface area contributed by atoms with Gasteiger partial charge in [0.25, 0.3) is 0 Å². The Hall–Kier alpha value is -3.52. The number of fused-ring (bicyclic) bond motifs is 1. The van der Waals surface area contributed by atoms with Gasteiger partial charge in [-0.15, -0.1) is 0 Å². The molecule has 158 valence electrons. The maximum absolute atomic E-state index is 12.4. The van der Waals surface area contributed by atoms with Crippen molar-refractivity contribution in [3.8, 4) is 11.4 Å². The maximum atomic E-state index is 12.4. The molecule has 5 rings (SSSR count). The van der Waals surface area contributed by atoms with E-state index in [0.717, 1.165) is 41.1 Å². The van der Waals surface area contributed by atoms with E-state index in [1.165, 1.54) is 6.07 Å². The van der Waals surface area contributed by atoms with Gasteiger partial charge in [-0.25, -0.2) is 4.68 Å². The average Bonchev–Trinajstić information content (AvgIpc) is 3.18. The number of hydrogen-bond donors (Lipinski definition) is 0. The molecule has 0 N–H and O–H groups in total. The van der Waals surface area contributed by atoms with E-state index in [0.29, 0.717) is 18.7 Å². The molecule has 0 aliphatic carbocycles. The van der Waals surface area contributed by atoms with Gasteiger partial charge < -0.3 is 9.47 Å². The van der Waals surface area contributed by atoms with E-state index in [1.54, 1.807) is 28.0 Å². The van der Waals surface area contributed by atoms with E-state index in [2.05, 4.69) is 22.1 Å². The molecule has 4 heterocycles. The van der Waals surface area contributed by atoms with Crippen molar-refractivity contribution in [2.45, 2.75) is 13.3 Å². The molecule has 4 aromatic rings. The lowest BCUT2D eigenvalue weighted by Gasteiger charge is -2.37. The van der Waals surface area contributed by atoms with Gasteiger partial charge in [0.05, 0.1) is 43.9 Å². The summed E-state index contributed by atoms with van der Waals surface area (Å²) in [4.78, 5) is 16.9. The van der Waals surface area contributed by atoms with E-state index in [1.807, 2.05) is 37.5 Å². The van der Waals surface area contributed by atoms with Crippen LogP contribution in [0, 0.1) is 5.41 Å². The van der Waals surface area contributed by atoms with Crippen LogP contribution in [0.15, 0.2) is 59.9 Å². The lowest BCUT2D eigenvalue weighted by atomic mass is 9.90. The fraction of sp³-hybridized carbons (Fsp3) is 0.304. The minimum absolute atomic E-state index is 0.0734. The molecular formula is C23H23N5O3. The largest absolute Gasteiger partial charge is 0.491 e. The molecule has 0 radical (unpaired) electrons. The Morgan fingerprint density at radius 3 is 2.81 bits per heavy atom. The Morgan fingerprint density at radius 1 is 1.19 bits per heavy atom. The van der Waals surface area contributed by atoms with Gasteiger partial charge in [-0.3, -0.25) is 14.5 Å². The Labute approximate surface area is 179 Å². The molecule has 1 aromatic carbocycles. The summed E-state index contributed by atoms with van der Waals surface area (Å²) in [5, 5.41) is 9.65. The molecule has 0 atom stereocenters. The van der Waals surface area contributed by atoms with Gasteiger partial charge >= 0.3 is 0 Å². The highest BCUT2D eigenvalue weighted by atomic mass is 16.5. The first kappa shape index (κ1) is 19.4. The van der Waals surface area contributed by atoms with Gasteiger partial charge in [0.15, 0.2) is 0 Å². The van der Waals surface area contributed by atoms with Crippen LogP contribution in [0.4, 0.5) is 0 Å². The van der Waals surface area contributed by atoms with E-state index in [9.17, 15) is 4.79 Å². The van der Waals surface area contributed by atoms with Gasteiger partial charge in [0.1, 0.15) is 17.1 Å². The predicted octanol–water partition coefficient (Wildman–Crippen LogP) is 2.52. The average molecular weight is 417 g/mol. The van der Waals surface area contributed by atoms with Crippen LogP contribution in [-0.2, 0) is 18.2 Å². The summed E-state index contributed by atoms with van der Waals surface area (Å²) in [6, 6.07) is 9.49. The van der Waals surface area contributed by atoms with Crippen LogP contribution in [0.2, 0.25) is 0 Å². The van der Waals surface area contributed by atoms with Crippen LogP contribution in [0.1, 0.15) is 18.2 Å². The van der Waals surface area contributed by atoms with Crippen LogP contribution in [0.25, 0.3) is 16.6 Å². The highest BCUT2D eigenvalue weighted by Crippen LogP contribution is 2.28. The summed E-state index contributed by atoms with van der Waals surface area (Å²) in [6.07, 6.45) is 7.39. The molecule has 3 aromatic heterocycles. The number of ether oxygens (including phenoxy) is 2. The number of rotatable bonds is 6. The first-order valence-corrected chi connectivity index (χ1v) is 10.1. The minimum atomic E-state index is -0.0913. The second-order valence-corrected chi connectivity index (χ2v) is 8.41. The lowest BCUT2D eigenvalue weighted by Crippen LogP contribution is -2.44. The monoisotopic (exact) mass is 417 g/mol. The molecule has 0 saturated carbocycles. The van der Waals surface area contributed by atoms with E-state index >= 15 is 0 Å². The van der Waals surface area contributed by atoms with Gasteiger partial charge in [0.2, 0.25) is 5.43 Å². The Balaban J connectivity index is 1.39. The first-order valence-electron chi connectivity index (χ1n) is 10.1. The third-order valence-electron chi connectivity index (χ3n) is 5.42. The first-order chi connectivity index (χ1) is 15.0. The molecule has 1 saturated heterocycles. The molecule has 0 unspecified atom stereocenters. The number of benzene rings is 1. The summed E-state index contributed by atoms with van der Waals surface area (Å²) in [7, 11) is 1.84. The van der Waals surface area contributed by atoms with Crippen LogP contribution in [0.5, 0.6) is 5.75 Å². The van der Waals surface area contributed by atoms with Gasteiger partial charge in [-0.2, -0.15) is 10.2 Å². The molecular weight excluding hydrogens is 394 g/mol. The van der Waals surface area contributed by atoms with Gasteiger partial charge in [-0.05, 0) is 23.8 Å². The fourth-order valence-electron chi connectivity index (χ4n) is 3.57. The molecule has 1 aliphatic heterocycles. The van der Waals surface area contributed by atoms with Crippen molar-refractivity contribution in [1.82, 2.24) is 24.5 Å². The number of nitrogens with zero attached hydrogens (tertiary/aromatic N) is 5.